The first-order chi connectivity index (χ1) is 11.7. The lowest BCUT2D eigenvalue weighted by atomic mass is 9.92. The van der Waals surface area contributed by atoms with Crippen molar-refractivity contribution in [1.82, 2.24) is 4.90 Å². The van der Waals surface area contributed by atoms with E-state index in [2.05, 4.69) is 24.0 Å². The Morgan fingerprint density at radius 3 is 1.54 bits per heavy atom. The van der Waals surface area contributed by atoms with Gasteiger partial charge in [0.25, 0.3) is 0 Å². The quantitative estimate of drug-likeness (QED) is 0.681. The van der Waals surface area contributed by atoms with E-state index in [0.29, 0.717) is 6.54 Å². The van der Waals surface area contributed by atoms with Crippen molar-refractivity contribution in [2.45, 2.75) is 19.2 Å². The van der Waals surface area contributed by atoms with Gasteiger partial charge in [-0.25, -0.2) is 0 Å². The van der Waals surface area contributed by atoms with E-state index < -0.39 is 5.72 Å². The van der Waals surface area contributed by atoms with E-state index in [1.165, 1.54) is 5.56 Å². The minimum Gasteiger partial charge on any atom is -0.367 e. The molecule has 122 valence electrons. The van der Waals surface area contributed by atoms with Crippen LogP contribution in [0.4, 0.5) is 0 Å². The highest BCUT2D eigenvalue weighted by Gasteiger charge is 2.37. The number of hydrogen-bond donors (Lipinski definition) is 1. The summed E-state index contributed by atoms with van der Waals surface area (Å²) in [4.78, 5) is 2.10. The fraction of sp³-hybridized carbons (Fsp3) is 0.182. The molecule has 0 aliphatic rings. The zero-order chi connectivity index (χ0) is 16.8. The summed E-state index contributed by atoms with van der Waals surface area (Å²) in [5.41, 5.74) is 1.79. The van der Waals surface area contributed by atoms with Gasteiger partial charge in [-0.05, 0) is 12.1 Å². The highest BCUT2D eigenvalue weighted by Crippen LogP contribution is 2.34. The first-order valence-corrected chi connectivity index (χ1v) is 8.37. The Morgan fingerprint density at radius 2 is 1.12 bits per heavy atom. The van der Waals surface area contributed by atoms with Gasteiger partial charge in [0.2, 0.25) is 0 Å². The summed E-state index contributed by atoms with van der Waals surface area (Å²) in [6, 6.07) is 30.1. The first-order valence-electron chi connectivity index (χ1n) is 8.37. The zero-order valence-corrected chi connectivity index (χ0v) is 14.0. The van der Waals surface area contributed by atoms with Gasteiger partial charge < -0.3 is 5.11 Å². The predicted molar refractivity (Wildman–Crippen MR) is 98.4 cm³/mol. The molecular weight excluding hydrogens is 294 g/mol. The Hall–Kier alpha value is -2.42. The Kier molecular flexibility index (Phi) is 5.09. The van der Waals surface area contributed by atoms with Crippen LogP contribution < -0.4 is 0 Å². The van der Waals surface area contributed by atoms with Crippen molar-refractivity contribution in [3.05, 3.63) is 108 Å². The largest absolute Gasteiger partial charge is 0.367 e. The number of rotatable bonds is 6. The molecule has 0 saturated carbocycles. The normalized spacial score (nSPS) is 11.6. The van der Waals surface area contributed by atoms with E-state index in [-0.39, 0.29) is 0 Å². The lowest BCUT2D eigenvalue weighted by Gasteiger charge is -2.40. The molecule has 24 heavy (non-hydrogen) atoms. The van der Waals surface area contributed by atoms with E-state index in [1.807, 2.05) is 78.9 Å². The molecule has 0 spiro atoms. The maximum atomic E-state index is 11.8. The number of nitrogens with zero attached hydrogens (tertiary/aromatic N) is 1. The highest BCUT2D eigenvalue weighted by atomic mass is 16.3. The molecule has 0 aliphatic heterocycles. The molecule has 0 radical (unpaired) electrons. The topological polar surface area (TPSA) is 23.5 Å². The summed E-state index contributed by atoms with van der Waals surface area (Å²) in [5, 5.41) is 11.8. The van der Waals surface area contributed by atoms with Gasteiger partial charge in [0.05, 0.1) is 0 Å². The smallest absolute Gasteiger partial charge is 0.171 e. The van der Waals surface area contributed by atoms with E-state index >= 15 is 0 Å². The molecule has 2 heteroatoms. The Balaban J connectivity index is 2.06. The van der Waals surface area contributed by atoms with E-state index in [9.17, 15) is 5.11 Å². The third-order valence-electron chi connectivity index (χ3n) is 4.41. The lowest BCUT2D eigenvalue weighted by molar-refractivity contribution is -0.0838. The van der Waals surface area contributed by atoms with Gasteiger partial charge >= 0.3 is 0 Å². The molecule has 3 rings (SSSR count). The average molecular weight is 317 g/mol. The first kappa shape index (κ1) is 16.4. The molecule has 2 nitrogen and oxygen atoms in total. The van der Waals surface area contributed by atoms with Crippen LogP contribution >= 0.6 is 0 Å². The summed E-state index contributed by atoms with van der Waals surface area (Å²) in [6.07, 6.45) is 0. The predicted octanol–water partition coefficient (Wildman–Crippen LogP) is 4.40. The van der Waals surface area contributed by atoms with Crippen LogP contribution in [0.1, 0.15) is 23.6 Å². The minimum atomic E-state index is -1.16. The standard InChI is InChI=1S/C22H23NO/c1-2-23(18-19-12-6-3-7-13-19)22(24,20-14-8-4-9-15-20)21-16-10-5-11-17-21/h3-17,24H,2,18H2,1H3. The van der Waals surface area contributed by atoms with E-state index in [0.717, 1.165) is 17.7 Å². The van der Waals surface area contributed by atoms with Crippen molar-refractivity contribution in [3.63, 3.8) is 0 Å². The van der Waals surface area contributed by atoms with Crippen molar-refractivity contribution < 1.29 is 5.11 Å². The van der Waals surface area contributed by atoms with Gasteiger partial charge in [0, 0.05) is 17.7 Å². The fourth-order valence-electron chi connectivity index (χ4n) is 3.13. The summed E-state index contributed by atoms with van der Waals surface area (Å²) in [5.74, 6) is 0. The van der Waals surface area contributed by atoms with Crippen molar-refractivity contribution in [2.24, 2.45) is 0 Å². The summed E-state index contributed by atoms with van der Waals surface area (Å²) in [6.45, 7) is 3.49. The second-order valence-corrected chi connectivity index (χ2v) is 5.90. The maximum Gasteiger partial charge on any atom is 0.171 e. The highest BCUT2D eigenvalue weighted by molar-refractivity contribution is 5.35. The van der Waals surface area contributed by atoms with Crippen LogP contribution in [0.2, 0.25) is 0 Å². The van der Waals surface area contributed by atoms with Gasteiger partial charge in [-0.3, -0.25) is 4.90 Å². The molecule has 1 N–H and O–H groups in total. The monoisotopic (exact) mass is 317 g/mol. The van der Waals surface area contributed by atoms with Gasteiger partial charge in [0.15, 0.2) is 5.72 Å². The summed E-state index contributed by atoms with van der Waals surface area (Å²) < 4.78 is 0. The van der Waals surface area contributed by atoms with Crippen LogP contribution in [-0.2, 0) is 12.3 Å². The zero-order valence-electron chi connectivity index (χ0n) is 14.0. The molecule has 0 aliphatic carbocycles. The Labute approximate surface area is 144 Å². The minimum absolute atomic E-state index is 0.678. The molecule has 0 amide bonds. The van der Waals surface area contributed by atoms with Crippen LogP contribution in [0, 0.1) is 0 Å². The molecule has 0 fully saturated rings. The molecule has 0 aromatic heterocycles. The third-order valence-corrected chi connectivity index (χ3v) is 4.41. The lowest BCUT2D eigenvalue weighted by Crippen LogP contribution is -2.46. The molecule has 0 saturated heterocycles. The Morgan fingerprint density at radius 1 is 0.708 bits per heavy atom. The van der Waals surface area contributed by atoms with Crippen molar-refractivity contribution in [2.75, 3.05) is 6.54 Å². The van der Waals surface area contributed by atoms with Gasteiger partial charge in [-0.15, -0.1) is 0 Å². The van der Waals surface area contributed by atoms with Crippen LogP contribution in [0.5, 0.6) is 0 Å². The van der Waals surface area contributed by atoms with Crippen LogP contribution in [0.25, 0.3) is 0 Å². The van der Waals surface area contributed by atoms with Crippen molar-refractivity contribution >= 4 is 0 Å². The SMILES string of the molecule is CCN(Cc1ccccc1)C(O)(c1ccccc1)c1ccccc1. The van der Waals surface area contributed by atoms with Gasteiger partial charge in [0.1, 0.15) is 0 Å². The van der Waals surface area contributed by atoms with Crippen LogP contribution in [-0.4, -0.2) is 16.6 Å². The number of aliphatic hydroxyl groups is 1. The summed E-state index contributed by atoms with van der Waals surface area (Å²) >= 11 is 0. The van der Waals surface area contributed by atoms with Crippen LogP contribution in [0.15, 0.2) is 91.0 Å². The molecule has 3 aromatic carbocycles. The summed E-state index contributed by atoms with van der Waals surface area (Å²) in [7, 11) is 0. The van der Waals surface area contributed by atoms with Crippen LogP contribution in [0.3, 0.4) is 0 Å². The molecule has 0 atom stereocenters. The molecule has 0 unspecified atom stereocenters. The molecule has 0 heterocycles. The van der Waals surface area contributed by atoms with E-state index in [1.54, 1.807) is 0 Å². The molecule has 3 aromatic rings. The number of hydrogen-bond acceptors (Lipinski definition) is 2. The fourth-order valence-corrected chi connectivity index (χ4v) is 3.13. The maximum absolute atomic E-state index is 11.8. The van der Waals surface area contributed by atoms with E-state index in [4.69, 9.17) is 0 Å². The average Bonchev–Trinajstić information content (AvgIpc) is 2.67. The Bertz CT molecular complexity index is 701. The van der Waals surface area contributed by atoms with Crippen molar-refractivity contribution in [1.29, 1.82) is 0 Å². The van der Waals surface area contributed by atoms with Gasteiger partial charge in [-0.2, -0.15) is 0 Å². The van der Waals surface area contributed by atoms with Gasteiger partial charge in [-0.1, -0.05) is 97.9 Å². The third kappa shape index (κ3) is 3.25. The second-order valence-electron chi connectivity index (χ2n) is 5.90. The second kappa shape index (κ2) is 7.43. The molecule has 0 bridgehead atoms. The molecular formula is C22H23NO. The number of benzene rings is 3. The van der Waals surface area contributed by atoms with Crippen molar-refractivity contribution in [3.8, 4) is 0 Å².